The van der Waals surface area contributed by atoms with Crippen molar-refractivity contribution in [1.29, 1.82) is 0 Å². The molecule has 36 heavy (non-hydrogen) atoms. The highest BCUT2D eigenvalue weighted by atomic mass is 19.3. The average molecular weight is 498 g/mol. The van der Waals surface area contributed by atoms with Crippen LogP contribution in [-0.2, 0) is 11.3 Å². The van der Waals surface area contributed by atoms with Crippen LogP contribution < -0.4 is 20.3 Å². The molecule has 2 aromatic carbocycles. The number of alkyl halides is 2. The summed E-state index contributed by atoms with van der Waals surface area (Å²) in [5.74, 6) is 0.468. The Kier molecular flexibility index (Phi) is 8.27. The number of carbonyl (C=O) groups is 1. The summed E-state index contributed by atoms with van der Waals surface area (Å²) in [6.07, 6.45) is 5.63. The van der Waals surface area contributed by atoms with E-state index in [1.165, 1.54) is 6.07 Å². The van der Waals surface area contributed by atoms with Crippen LogP contribution in [0.25, 0.3) is 11.1 Å². The van der Waals surface area contributed by atoms with Gasteiger partial charge >= 0.3 is 6.61 Å². The molecule has 4 rings (SSSR count). The van der Waals surface area contributed by atoms with Gasteiger partial charge in [-0.2, -0.15) is 8.78 Å². The largest absolute Gasteiger partial charge is 0.434 e. The number of rotatable bonds is 10. The van der Waals surface area contributed by atoms with Crippen molar-refractivity contribution < 1.29 is 23.0 Å². The van der Waals surface area contributed by atoms with Crippen LogP contribution in [-0.4, -0.2) is 55.8 Å². The maximum Gasteiger partial charge on any atom is 0.387 e. The lowest BCUT2D eigenvalue weighted by Gasteiger charge is -2.23. The average Bonchev–Trinajstić information content (AvgIpc) is 3.36. The van der Waals surface area contributed by atoms with Gasteiger partial charge in [0.15, 0.2) is 0 Å². The molecule has 0 aliphatic carbocycles. The van der Waals surface area contributed by atoms with E-state index in [1.54, 1.807) is 50.8 Å². The summed E-state index contributed by atoms with van der Waals surface area (Å²) < 4.78 is 35.5. The zero-order chi connectivity index (χ0) is 25.5. The van der Waals surface area contributed by atoms with Crippen LogP contribution in [0.2, 0.25) is 0 Å². The molecule has 1 aliphatic rings. The monoisotopic (exact) mass is 497 g/mol. The van der Waals surface area contributed by atoms with Gasteiger partial charge in [0.25, 0.3) is 5.91 Å². The summed E-state index contributed by atoms with van der Waals surface area (Å²) in [7, 11) is 3.24. The molecule has 8 nitrogen and oxygen atoms in total. The second kappa shape index (κ2) is 11.8. The molecular weight excluding hydrogens is 468 g/mol. The van der Waals surface area contributed by atoms with Crippen molar-refractivity contribution in [3.05, 3.63) is 66.0 Å². The number of ether oxygens (including phenoxy) is 2. The number of nitrogens with zero attached hydrogens (tertiary/aromatic N) is 3. The van der Waals surface area contributed by atoms with Crippen molar-refractivity contribution >= 4 is 17.5 Å². The minimum atomic E-state index is -2.93. The number of para-hydroxylation sites is 1. The van der Waals surface area contributed by atoms with Crippen LogP contribution in [0.4, 0.5) is 20.4 Å². The Morgan fingerprint density at radius 3 is 2.67 bits per heavy atom. The van der Waals surface area contributed by atoms with Crippen molar-refractivity contribution in [3.8, 4) is 16.9 Å². The second-order valence-corrected chi connectivity index (χ2v) is 8.40. The first-order valence-electron chi connectivity index (χ1n) is 11.7. The lowest BCUT2D eigenvalue weighted by atomic mass is 10.0. The summed E-state index contributed by atoms with van der Waals surface area (Å²) >= 11 is 0. The van der Waals surface area contributed by atoms with Crippen LogP contribution in [0.1, 0.15) is 28.8 Å². The zero-order valence-electron chi connectivity index (χ0n) is 20.2. The smallest absolute Gasteiger partial charge is 0.387 e. The molecule has 0 spiro atoms. The van der Waals surface area contributed by atoms with Crippen LogP contribution in [0.5, 0.6) is 5.75 Å². The fraction of sp³-hybridized carbons (Fsp3) is 0.346. The van der Waals surface area contributed by atoms with E-state index in [9.17, 15) is 13.6 Å². The van der Waals surface area contributed by atoms with E-state index in [4.69, 9.17) is 4.74 Å². The van der Waals surface area contributed by atoms with Gasteiger partial charge in [-0.1, -0.05) is 24.3 Å². The predicted octanol–water partition coefficient (Wildman–Crippen LogP) is 4.33. The van der Waals surface area contributed by atoms with E-state index in [0.717, 1.165) is 30.5 Å². The number of nitrogens with one attached hydrogen (secondary N) is 2. The summed E-state index contributed by atoms with van der Waals surface area (Å²) in [6, 6.07) is 12.2. The van der Waals surface area contributed by atoms with E-state index < -0.39 is 6.61 Å². The van der Waals surface area contributed by atoms with Gasteiger partial charge in [0.2, 0.25) is 5.95 Å². The zero-order valence-corrected chi connectivity index (χ0v) is 20.2. The van der Waals surface area contributed by atoms with Gasteiger partial charge in [0, 0.05) is 56.5 Å². The van der Waals surface area contributed by atoms with Crippen LogP contribution >= 0.6 is 0 Å². The minimum Gasteiger partial charge on any atom is -0.434 e. The molecule has 1 unspecified atom stereocenters. The number of amides is 1. The molecule has 1 amide bonds. The summed E-state index contributed by atoms with van der Waals surface area (Å²) in [5.41, 5.74) is 3.10. The predicted molar refractivity (Wildman–Crippen MR) is 134 cm³/mol. The second-order valence-electron chi connectivity index (χ2n) is 8.40. The molecule has 1 aliphatic heterocycles. The maximum absolute atomic E-state index is 12.8. The molecule has 0 saturated carbocycles. The van der Waals surface area contributed by atoms with Gasteiger partial charge in [0.05, 0.1) is 18.2 Å². The molecule has 2 N–H and O–H groups in total. The highest BCUT2D eigenvalue weighted by molar-refractivity contribution is 6.00. The number of halogens is 2. The number of aromatic nitrogens is 2. The molecule has 0 radical (unpaired) electrons. The SMILES string of the molecule is CNC(=O)c1ccc(-c2cnc(N3CCCC3COC)nc2)cc1NCc1ccccc1OC(F)F. The molecule has 3 aromatic rings. The third-order valence-corrected chi connectivity index (χ3v) is 6.11. The van der Waals surface area contributed by atoms with E-state index in [0.29, 0.717) is 29.4 Å². The highest BCUT2D eigenvalue weighted by Crippen LogP contribution is 2.29. The van der Waals surface area contributed by atoms with Gasteiger partial charge in [-0.3, -0.25) is 4.79 Å². The third kappa shape index (κ3) is 5.88. The molecule has 2 heterocycles. The van der Waals surface area contributed by atoms with E-state index >= 15 is 0 Å². The first kappa shape index (κ1) is 25.3. The molecular formula is C26H29F2N5O3. The number of benzene rings is 2. The molecule has 1 atom stereocenters. The lowest BCUT2D eigenvalue weighted by molar-refractivity contribution is -0.0504. The van der Waals surface area contributed by atoms with Gasteiger partial charge in [-0.15, -0.1) is 0 Å². The minimum absolute atomic E-state index is 0.0790. The fourth-order valence-electron chi connectivity index (χ4n) is 4.34. The lowest BCUT2D eigenvalue weighted by Crippen LogP contribution is -2.34. The van der Waals surface area contributed by atoms with Gasteiger partial charge in [0.1, 0.15) is 5.75 Å². The topological polar surface area (TPSA) is 88.6 Å². The number of hydrogen-bond acceptors (Lipinski definition) is 7. The van der Waals surface area contributed by atoms with E-state index in [-0.39, 0.29) is 24.2 Å². The molecule has 1 fully saturated rings. The van der Waals surface area contributed by atoms with Crippen molar-refractivity contribution in [3.63, 3.8) is 0 Å². The Morgan fingerprint density at radius 2 is 1.94 bits per heavy atom. The standard InChI is InChI=1S/C26H29F2N5O3/c1-29-24(34)21-10-9-17(12-22(21)30-13-18-6-3-4-8-23(18)36-25(27)28)19-14-31-26(32-15-19)33-11-5-7-20(33)16-35-2/h3-4,6,8-10,12,14-15,20,25,30H,5,7,11,13,16H2,1-2H3,(H,29,34). The molecule has 1 aromatic heterocycles. The van der Waals surface area contributed by atoms with Crippen molar-refractivity contribution in [2.75, 3.05) is 37.5 Å². The Balaban J connectivity index is 1.57. The summed E-state index contributed by atoms with van der Waals surface area (Å²) in [6.45, 7) is -1.23. The maximum atomic E-state index is 12.8. The first-order chi connectivity index (χ1) is 17.5. The third-order valence-electron chi connectivity index (χ3n) is 6.11. The Bertz CT molecular complexity index is 1180. The van der Waals surface area contributed by atoms with Crippen LogP contribution in [0.15, 0.2) is 54.9 Å². The number of hydrogen-bond donors (Lipinski definition) is 2. The van der Waals surface area contributed by atoms with Gasteiger partial charge < -0.3 is 25.0 Å². The highest BCUT2D eigenvalue weighted by Gasteiger charge is 2.26. The van der Waals surface area contributed by atoms with Crippen LogP contribution in [0, 0.1) is 0 Å². The molecule has 10 heteroatoms. The summed E-state index contributed by atoms with van der Waals surface area (Å²) in [4.78, 5) is 23.8. The fourth-order valence-corrected chi connectivity index (χ4v) is 4.34. The quantitative estimate of drug-likeness (QED) is 0.431. The summed E-state index contributed by atoms with van der Waals surface area (Å²) in [5, 5.41) is 5.82. The first-order valence-corrected chi connectivity index (χ1v) is 11.7. The van der Waals surface area contributed by atoms with Gasteiger partial charge in [-0.25, -0.2) is 9.97 Å². The Hall–Kier alpha value is -3.79. The molecule has 0 bridgehead atoms. The van der Waals surface area contributed by atoms with Crippen LogP contribution in [0.3, 0.4) is 0 Å². The normalized spacial score (nSPS) is 15.2. The number of anilines is 2. The Labute approximate surface area is 208 Å². The van der Waals surface area contributed by atoms with E-state index in [2.05, 4.69) is 30.2 Å². The molecule has 190 valence electrons. The Morgan fingerprint density at radius 1 is 1.17 bits per heavy atom. The van der Waals surface area contributed by atoms with E-state index in [1.807, 2.05) is 12.1 Å². The van der Waals surface area contributed by atoms with Crippen molar-refractivity contribution in [2.45, 2.75) is 32.0 Å². The van der Waals surface area contributed by atoms with Crippen molar-refractivity contribution in [1.82, 2.24) is 15.3 Å². The molecule has 1 saturated heterocycles. The van der Waals surface area contributed by atoms with Crippen molar-refractivity contribution in [2.24, 2.45) is 0 Å². The van der Waals surface area contributed by atoms with Gasteiger partial charge in [-0.05, 0) is 36.6 Å². The number of methoxy groups -OCH3 is 1. The number of carbonyl (C=O) groups excluding carboxylic acids is 1.